The van der Waals surface area contributed by atoms with Crippen molar-refractivity contribution in [2.45, 2.75) is 75.9 Å². The standard InChI is InChI=1S/C39H44BrN3O5S/c1-28-14-18-31(19-15-28)26-42(36(24-30-10-6-4-7-11-30)39(45)41-32-12-8-5-9-13-32)38(44)27-43(33-20-16-29(2)17-21-33)49(46,47)34-22-23-37(48-3)35(40)25-34/h4,6-7,10-11,14-23,25,32,36H,5,8-9,12-13,24,26-27H2,1-3H3,(H,41,45)/t36-/m1/s1. The first-order valence-corrected chi connectivity index (χ1v) is 18.9. The summed E-state index contributed by atoms with van der Waals surface area (Å²) in [5.41, 5.74) is 4.10. The van der Waals surface area contributed by atoms with Gasteiger partial charge in [0.15, 0.2) is 0 Å². The fourth-order valence-corrected chi connectivity index (χ4v) is 8.30. The van der Waals surface area contributed by atoms with Gasteiger partial charge in [-0.3, -0.25) is 13.9 Å². The first-order chi connectivity index (χ1) is 23.5. The number of methoxy groups -OCH3 is 1. The van der Waals surface area contributed by atoms with Crippen molar-refractivity contribution in [1.82, 2.24) is 10.2 Å². The molecule has 0 radical (unpaired) electrons. The molecule has 0 unspecified atom stereocenters. The Kier molecular flexibility index (Phi) is 12.2. The van der Waals surface area contributed by atoms with Crippen LogP contribution in [0, 0.1) is 13.8 Å². The van der Waals surface area contributed by atoms with Crippen LogP contribution in [-0.4, -0.2) is 50.9 Å². The molecule has 1 N–H and O–H groups in total. The molecule has 0 heterocycles. The van der Waals surface area contributed by atoms with Crippen molar-refractivity contribution in [2.75, 3.05) is 18.0 Å². The number of aryl methyl sites for hydroxylation is 2. The summed E-state index contributed by atoms with van der Waals surface area (Å²) >= 11 is 3.41. The van der Waals surface area contributed by atoms with Gasteiger partial charge in [-0.2, -0.15) is 0 Å². The number of anilines is 1. The SMILES string of the molecule is COc1ccc(S(=O)(=O)N(CC(=O)N(Cc2ccc(C)cc2)[C@H](Cc2ccccc2)C(=O)NC2CCCCC2)c2ccc(C)cc2)cc1Br. The number of hydrogen-bond acceptors (Lipinski definition) is 5. The number of rotatable bonds is 13. The van der Waals surface area contributed by atoms with E-state index in [2.05, 4.69) is 21.2 Å². The first-order valence-electron chi connectivity index (χ1n) is 16.7. The third kappa shape index (κ3) is 9.30. The molecule has 8 nitrogen and oxygen atoms in total. The molecule has 1 fully saturated rings. The normalized spacial score (nSPS) is 14.1. The van der Waals surface area contributed by atoms with Gasteiger partial charge in [-0.1, -0.05) is 97.1 Å². The number of sulfonamides is 1. The lowest BCUT2D eigenvalue weighted by Crippen LogP contribution is -2.55. The third-order valence-electron chi connectivity index (χ3n) is 9.01. The van der Waals surface area contributed by atoms with Gasteiger partial charge in [0.05, 0.1) is 22.2 Å². The van der Waals surface area contributed by atoms with Gasteiger partial charge in [-0.05, 0) is 84.1 Å². The van der Waals surface area contributed by atoms with Gasteiger partial charge in [0, 0.05) is 19.0 Å². The summed E-state index contributed by atoms with van der Waals surface area (Å²) in [4.78, 5) is 30.6. The number of nitrogens with one attached hydrogen (secondary N) is 1. The number of ether oxygens (including phenoxy) is 1. The van der Waals surface area contributed by atoms with E-state index < -0.39 is 28.5 Å². The third-order valence-corrected chi connectivity index (χ3v) is 11.4. The number of nitrogens with zero attached hydrogens (tertiary/aromatic N) is 2. The minimum absolute atomic E-state index is 0.00508. The summed E-state index contributed by atoms with van der Waals surface area (Å²) in [5, 5.41) is 3.25. The number of amides is 2. The lowest BCUT2D eigenvalue weighted by Gasteiger charge is -2.35. The average Bonchev–Trinajstić information content (AvgIpc) is 3.10. The highest BCUT2D eigenvalue weighted by atomic mass is 79.9. The van der Waals surface area contributed by atoms with Crippen molar-refractivity contribution in [3.8, 4) is 5.75 Å². The minimum atomic E-state index is -4.25. The molecule has 0 aromatic heterocycles. The Morgan fingerprint density at radius 1 is 0.857 bits per heavy atom. The molecular formula is C39H44BrN3O5S. The largest absolute Gasteiger partial charge is 0.496 e. The van der Waals surface area contributed by atoms with E-state index in [-0.39, 0.29) is 29.8 Å². The van der Waals surface area contributed by atoms with Gasteiger partial charge in [0.1, 0.15) is 18.3 Å². The number of carbonyl (C=O) groups is 2. The van der Waals surface area contributed by atoms with Crippen LogP contribution in [0.2, 0.25) is 0 Å². The summed E-state index contributed by atoms with van der Waals surface area (Å²) in [5.74, 6) is -0.244. The quantitative estimate of drug-likeness (QED) is 0.154. The minimum Gasteiger partial charge on any atom is -0.496 e. The molecule has 0 bridgehead atoms. The molecule has 49 heavy (non-hydrogen) atoms. The number of benzene rings is 4. The molecule has 0 aliphatic heterocycles. The Hall–Kier alpha value is -4.15. The van der Waals surface area contributed by atoms with Crippen molar-refractivity contribution >= 4 is 43.5 Å². The van der Waals surface area contributed by atoms with E-state index in [9.17, 15) is 18.0 Å². The Morgan fingerprint density at radius 3 is 2.10 bits per heavy atom. The van der Waals surface area contributed by atoms with Crippen LogP contribution >= 0.6 is 15.9 Å². The maximum absolute atomic E-state index is 14.7. The van der Waals surface area contributed by atoms with E-state index in [1.165, 1.54) is 19.2 Å². The maximum atomic E-state index is 14.7. The molecule has 1 saturated carbocycles. The predicted octanol–water partition coefficient (Wildman–Crippen LogP) is 7.36. The molecule has 0 saturated heterocycles. The van der Waals surface area contributed by atoms with Gasteiger partial charge in [0.2, 0.25) is 11.8 Å². The van der Waals surface area contributed by atoms with Crippen molar-refractivity contribution in [2.24, 2.45) is 0 Å². The maximum Gasteiger partial charge on any atom is 0.264 e. The van der Waals surface area contributed by atoms with Crippen LogP contribution in [0.3, 0.4) is 0 Å². The lowest BCUT2D eigenvalue weighted by molar-refractivity contribution is -0.140. The Bertz CT molecular complexity index is 1830. The van der Waals surface area contributed by atoms with Crippen LogP contribution < -0.4 is 14.4 Å². The molecule has 1 atom stereocenters. The van der Waals surface area contributed by atoms with Crippen molar-refractivity contribution in [3.05, 3.63) is 124 Å². The molecule has 258 valence electrons. The summed E-state index contributed by atoms with van der Waals surface area (Å²) in [6.45, 7) is 3.52. The second-order valence-electron chi connectivity index (χ2n) is 12.7. The van der Waals surface area contributed by atoms with Crippen LogP contribution in [0.4, 0.5) is 5.69 Å². The molecule has 5 rings (SSSR count). The average molecular weight is 747 g/mol. The van der Waals surface area contributed by atoms with E-state index in [4.69, 9.17) is 4.74 Å². The second-order valence-corrected chi connectivity index (χ2v) is 15.4. The van der Waals surface area contributed by atoms with Crippen LogP contribution in [-0.2, 0) is 32.6 Å². The van der Waals surface area contributed by atoms with Gasteiger partial charge in [0.25, 0.3) is 10.0 Å². The van der Waals surface area contributed by atoms with Crippen LogP contribution in [0.5, 0.6) is 5.75 Å². The highest BCUT2D eigenvalue weighted by molar-refractivity contribution is 9.10. The topological polar surface area (TPSA) is 96.0 Å². The smallest absolute Gasteiger partial charge is 0.264 e. The van der Waals surface area contributed by atoms with Crippen LogP contribution in [0.25, 0.3) is 0 Å². The van der Waals surface area contributed by atoms with Gasteiger partial charge >= 0.3 is 0 Å². The highest BCUT2D eigenvalue weighted by Crippen LogP contribution is 2.31. The van der Waals surface area contributed by atoms with E-state index in [1.54, 1.807) is 23.1 Å². The Balaban J connectivity index is 1.57. The van der Waals surface area contributed by atoms with Crippen molar-refractivity contribution in [1.29, 1.82) is 0 Å². The highest BCUT2D eigenvalue weighted by Gasteiger charge is 2.35. The van der Waals surface area contributed by atoms with Crippen LogP contribution in [0.1, 0.15) is 54.4 Å². The van der Waals surface area contributed by atoms with Gasteiger partial charge < -0.3 is 15.0 Å². The second kappa shape index (κ2) is 16.5. The molecule has 1 aliphatic carbocycles. The number of halogens is 1. The zero-order chi connectivity index (χ0) is 35.0. The summed E-state index contributed by atoms with van der Waals surface area (Å²) in [6, 6.07) is 28.1. The molecule has 4 aromatic carbocycles. The van der Waals surface area contributed by atoms with E-state index in [0.717, 1.165) is 58.7 Å². The summed E-state index contributed by atoms with van der Waals surface area (Å²) in [6.07, 6.45) is 5.31. The predicted molar refractivity (Wildman–Crippen MR) is 197 cm³/mol. The fraction of sp³-hybridized carbons (Fsp3) is 0.333. The molecule has 10 heteroatoms. The summed E-state index contributed by atoms with van der Waals surface area (Å²) in [7, 11) is -2.74. The van der Waals surface area contributed by atoms with E-state index >= 15 is 0 Å². The molecule has 4 aromatic rings. The van der Waals surface area contributed by atoms with Gasteiger partial charge in [-0.25, -0.2) is 8.42 Å². The van der Waals surface area contributed by atoms with E-state index in [1.807, 2.05) is 80.6 Å². The monoisotopic (exact) mass is 745 g/mol. The van der Waals surface area contributed by atoms with Crippen molar-refractivity contribution in [3.63, 3.8) is 0 Å². The lowest BCUT2D eigenvalue weighted by atomic mass is 9.94. The van der Waals surface area contributed by atoms with Gasteiger partial charge in [-0.15, -0.1) is 0 Å². The Labute approximate surface area is 298 Å². The summed E-state index contributed by atoms with van der Waals surface area (Å²) < 4.78 is 35.7. The molecule has 0 spiro atoms. The number of hydrogen-bond donors (Lipinski definition) is 1. The fourth-order valence-electron chi connectivity index (χ4n) is 6.16. The first kappa shape index (κ1) is 36.1. The Morgan fingerprint density at radius 2 is 1.49 bits per heavy atom. The number of carbonyl (C=O) groups excluding carboxylic acids is 2. The van der Waals surface area contributed by atoms with Crippen molar-refractivity contribution < 1.29 is 22.7 Å². The zero-order valence-electron chi connectivity index (χ0n) is 28.3. The molecule has 1 aliphatic rings. The zero-order valence-corrected chi connectivity index (χ0v) is 30.7. The molecular weight excluding hydrogens is 702 g/mol. The van der Waals surface area contributed by atoms with Crippen LogP contribution in [0.15, 0.2) is 106 Å². The molecule has 2 amide bonds. The van der Waals surface area contributed by atoms with E-state index in [0.29, 0.717) is 15.9 Å².